The van der Waals surface area contributed by atoms with Gasteiger partial charge in [0.05, 0.1) is 6.04 Å². The molecule has 0 spiro atoms. The Kier molecular flexibility index (Phi) is 3.00. The predicted octanol–water partition coefficient (Wildman–Crippen LogP) is 3.28. The fraction of sp³-hybridized carbons (Fsp3) is 0.333. The lowest BCUT2D eigenvalue weighted by Gasteiger charge is -2.11. The van der Waals surface area contributed by atoms with Crippen LogP contribution >= 0.6 is 11.8 Å². The average molecular weight is 285 g/mol. The van der Waals surface area contributed by atoms with Crippen molar-refractivity contribution in [1.29, 1.82) is 0 Å². The van der Waals surface area contributed by atoms with Crippen molar-refractivity contribution in [3.63, 3.8) is 0 Å². The van der Waals surface area contributed by atoms with E-state index in [0.29, 0.717) is 10.7 Å². The topological polar surface area (TPSA) is 30.7 Å². The summed E-state index contributed by atoms with van der Waals surface area (Å²) in [6.07, 6.45) is 0.631. The summed E-state index contributed by atoms with van der Waals surface area (Å²) in [5.41, 5.74) is 0.372. The first-order chi connectivity index (χ1) is 9.08. The van der Waals surface area contributed by atoms with Gasteiger partial charge < -0.3 is 0 Å². The SMILES string of the molecule is CSc1nc2n(n1)[C@H](c1cc(F)cc(F)c1)C[C@@H]2F. The van der Waals surface area contributed by atoms with Crippen LogP contribution in [0, 0.1) is 11.6 Å². The molecule has 1 aromatic carbocycles. The molecule has 0 saturated heterocycles. The highest BCUT2D eigenvalue weighted by atomic mass is 32.2. The molecule has 100 valence electrons. The molecule has 0 fully saturated rings. The van der Waals surface area contributed by atoms with E-state index >= 15 is 0 Å². The van der Waals surface area contributed by atoms with Crippen molar-refractivity contribution in [1.82, 2.24) is 14.8 Å². The third kappa shape index (κ3) is 2.11. The van der Waals surface area contributed by atoms with Crippen molar-refractivity contribution in [2.75, 3.05) is 6.26 Å². The number of thioether (sulfide) groups is 1. The molecular weight excluding hydrogens is 275 g/mol. The van der Waals surface area contributed by atoms with Crippen molar-refractivity contribution in [2.24, 2.45) is 0 Å². The largest absolute Gasteiger partial charge is 0.239 e. The van der Waals surface area contributed by atoms with Crippen LogP contribution in [0.2, 0.25) is 0 Å². The van der Waals surface area contributed by atoms with Crippen molar-refractivity contribution in [2.45, 2.75) is 23.8 Å². The zero-order valence-corrected chi connectivity index (χ0v) is 10.8. The maximum absolute atomic E-state index is 13.9. The van der Waals surface area contributed by atoms with Gasteiger partial charge >= 0.3 is 0 Å². The van der Waals surface area contributed by atoms with Gasteiger partial charge in [0.2, 0.25) is 5.16 Å². The first-order valence-electron chi connectivity index (χ1n) is 5.69. The number of aromatic nitrogens is 3. The minimum Gasteiger partial charge on any atom is -0.239 e. The summed E-state index contributed by atoms with van der Waals surface area (Å²) in [6, 6.07) is 2.69. The van der Waals surface area contributed by atoms with Gasteiger partial charge in [0.15, 0.2) is 12.0 Å². The normalized spacial score (nSPS) is 21.7. The third-order valence-electron chi connectivity index (χ3n) is 3.10. The number of hydrogen-bond acceptors (Lipinski definition) is 3. The Morgan fingerprint density at radius 3 is 2.58 bits per heavy atom. The van der Waals surface area contributed by atoms with Gasteiger partial charge in [0, 0.05) is 12.5 Å². The van der Waals surface area contributed by atoms with Crippen molar-refractivity contribution < 1.29 is 13.2 Å². The Bertz CT molecular complexity index is 608. The first-order valence-corrected chi connectivity index (χ1v) is 6.91. The summed E-state index contributed by atoms with van der Waals surface area (Å²) >= 11 is 1.30. The molecule has 0 unspecified atom stereocenters. The Labute approximate surface area is 111 Å². The van der Waals surface area contributed by atoms with E-state index in [4.69, 9.17) is 0 Å². The fourth-order valence-corrected chi connectivity index (χ4v) is 2.64. The minimum absolute atomic E-state index is 0.104. The van der Waals surface area contributed by atoms with Crippen LogP contribution in [0.4, 0.5) is 13.2 Å². The van der Waals surface area contributed by atoms with Gasteiger partial charge in [0.25, 0.3) is 0 Å². The summed E-state index contributed by atoms with van der Waals surface area (Å²) in [7, 11) is 0. The molecule has 3 rings (SSSR count). The van der Waals surface area contributed by atoms with E-state index in [-0.39, 0.29) is 12.2 Å². The van der Waals surface area contributed by atoms with Crippen molar-refractivity contribution >= 4 is 11.8 Å². The average Bonchev–Trinajstić information content (AvgIpc) is 2.89. The van der Waals surface area contributed by atoms with E-state index in [0.717, 1.165) is 6.07 Å². The van der Waals surface area contributed by atoms with Gasteiger partial charge in [-0.1, -0.05) is 11.8 Å². The first kappa shape index (κ1) is 12.5. The molecule has 0 bridgehead atoms. The van der Waals surface area contributed by atoms with Crippen LogP contribution in [0.5, 0.6) is 0 Å². The number of hydrogen-bond donors (Lipinski definition) is 0. The lowest BCUT2D eigenvalue weighted by atomic mass is 10.0. The number of nitrogens with zero attached hydrogens (tertiary/aromatic N) is 3. The van der Waals surface area contributed by atoms with Gasteiger partial charge in [-0.25, -0.2) is 22.8 Å². The molecule has 3 nitrogen and oxygen atoms in total. The van der Waals surface area contributed by atoms with E-state index in [1.54, 1.807) is 6.26 Å². The Hall–Kier alpha value is -1.50. The Balaban J connectivity index is 2.06. The second kappa shape index (κ2) is 4.56. The van der Waals surface area contributed by atoms with Crippen LogP contribution < -0.4 is 0 Å². The summed E-state index contributed by atoms with van der Waals surface area (Å²) in [5, 5.41) is 4.62. The fourth-order valence-electron chi connectivity index (χ4n) is 2.29. The molecule has 2 aromatic rings. The summed E-state index contributed by atoms with van der Waals surface area (Å²) in [5.74, 6) is -1.13. The highest BCUT2D eigenvalue weighted by molar-refractivity contribution is 7.98. The molecule has 1 aliphatic heterocycles. The monoisotopic (exact) mass is 285 g/mol. The predicted molar refractivity (Wildman–Crippen MR) is 64.8 cm³/mol. The van der Waals surface area contributed by atoms with Crippen LogP contribution in [0.25, 0.3) is 0 Å². The highest BCUT2D eigenvalue weighted by Gasteiger charge is 2.35. The molecule has 1 aromatic heterocycles. The van der Waals surface area contributed by atoms with Crippen LogP contribution in [-0.4, -0.2) is 21.0 Å². The number of alkyl halides is 1. The quantitative estimate of drug-likeness (QED) is 0.793. The molecule has 2 heterocycles. The van der Waals surface area contributed by atoms with E-state index in [1.807, 2.05) is 0 Å². The standard InChI is InChI=1S/C12H10F3N3S/c1-19-12-16-11-9(15)5-10(18(11)17-12)6-2-7(13)4-8(14)3-6/h2-4,9-10H,5H2,1H3/t9-,10-/m0/s1. The second-order valence-electron chi connectivity index (χ2n) is 4.32. The van der Waals surface area contributed by atoms with E-state index in [2.05, 4.69) is 10.1 Å². The van der Waals surface area contributed by atoms with E-state index in [1.165, 1.54) is 28.6 Å². The van der Waals surface area contributed by atoms with Crippen LogP contribution in [0.1, 0.15) is 30.0 Å². The lowest BCUT2D eigenvalue weighted by molar-refractivity contribution is 0.326. The molecule has 0 amide bonds. The van der Waals surface area contributed by atoms with Gasteiger partial charge in [-0.3, -0.25) is 0 Å². The molecule has 0 saturated carbocycles. The molecule has 1 aliphatic rings. The van der Waals surface area contributed by atoms with Crippen LogP contribution in [-0.2, 0) is 0 Å². The molecular formula is C12H10F3N3S. The third-order valence-corrected chi connectivity index (χ3v) is 3.63. The molecule has 19 heavy (non-hydrogen) atoms. The van der Waals surface area contributed by atoms with Gasteiger partial charge in [-0.15, -0.1) is 5.10 Å². The Morgan fingerprint density at radius 1 is 1.26 bits per heavy atom. The van der Waals surface area contributed by atoms with Crippen molar-refractivity contribution in [3.05, 3.63) is 41.2 Å². The zero-order valence-electron chi connectivity index (χ0n) is 9.98. The van der Waals surface area contributed by atoms with Crippen LogP contribution in [0.3, 0.4) is 0 Å². The van der Waals surface area contributed by atoms with Gasteiger partial charge in [0.1, 0.15) is 11.6 Å². The molecule has 0 N–H and O–H groups in total. The lowest BCUT2D eigenvalue weighted by Crippen LogP contribution is -2.08. The number of halogens is 3. The number of fused-ring (bicyclic) bond motifs is 1. The van der Waals surface area contributed by atoms with Crippen molar-refractivity contribution in [3.8, 4) is 0 Å². The summed E-state index contributed by atoms with van der Waals surface area (Å²) < 4.78 is 41.8. The summed E-state index contributed by atoms with van der Waals surface area (Å²) in [6.45, 7) is 0. The second-order valence-corrected chi connectivity index (χ2v) is 5.10. The van der Waals surface area contributed by atoms with Gasteiger partial charge in [-0.2, -0.15) is 0 Å². The molecule has 0 aliphatic carbocycles. The number of rotatable bonds is 2. The maximum Gasteiger partial charge on any atom is 0.208 e. The molecule has 0 radical (unpaired) electrons. The van der Waals surface area contributed by atoms with E-state index < -0.39 is 23.8 Å². The highest BCUT2D eigenvalue weighted by Crippen LogP contribution is 2.40. The smallest absolute Gasteiger partial charge is 0.208 e. The minimum atomic E-state index is -1.26. The maximum atomic E-state index is 13.9. The Morgan fingerprint density at radius 2 is 1.95 bits per heavy atom. The number of benzene rings is 1. The van der Waals surface area contributed by atoms with Crippen LogP contribution in [0.15, 0.2) is 23.4 Å². The zero-order chi connectivity index (χ0) is 13.6. The molecule has 2 atom stereocenters. The summed E-state index contributed by atoms with van der Waals surface area (Å²) in [4.78, 5) is 4.06. The molecule has 7 heteroatoms. The van der Waals surface area contributed by atoms with Gasteiger partial charge in [-0.05, 0) is 24.0 Å². The van der Waals surface area contributed by atoms with E-state index in [9.17, 15) is 13.2 Å².